The molecular formula is C24H36F3N3OSi2Zn. The van der Waals surface area contributed by atoms with Gasteiger partial charge in [-0.25, -0.2) is 4.99 Å². The zero-order valence-electron chi connectivity index (χ0n) is 22.1. The molecule has 10 heteroatoms. The van der Waals surface area contributed by atoms with E-state index in [0.717, 1.165) is 0 Å². The third-order valence-electron chi connectivity index (χ3n) is 4.05. The molecule has 34 heavy (non-hydrogen) atoms. The van der Waals surface area contributed by atoms with Crippen LogP contribution in [0.5, 0.6) is 0 Å². The van der Waals surface area contributed by atoms with Gasteiger partial charge in [0.15, 0.2) is 0 Å². The number of hydrogen-bond donors (Lipinski definition) is 0. The topological polar surface area (TPSA) is 62.4 Å². The van der Waals surface area contributed by atoms with Crippen molar-refractivity contribution in [3.63, 3.8) is 0 Å². The molecule has 1 heterocycles. The molecule has 0 saturated carbocycles. The molecule has 0 radical (unpaired) electrons. The molecule has 0 aliphatic rings. The Balaban J connectivity index is 0.000000931. The minimum atomic E-state index is -4.73. The van der Waals surface area contributed by atoms with Crippen LogP contribution in [-0.2, 0) is 19.5 Å². The van der Waals surface area contributed by atoms with Gasteiger partial charge < -0.3 is 9.75 Å². The van der Waals surface area contributed by atoms with Gasteiger partial charge in [0.1, 0.15) is 5.71 Å². The zero-order chi connectivity index (χ0) is 25.8. The Morgan fingerprint density at radius 1 is 0.971 bits per heavy atom. The van der Waals surface area contributed by atoms with Crippen molar-refractivity contribution in [2.75, 3.05) is 0 Å². The number of halogens is 3. The van der Waals surface area contributed by atoms with Crippen molar-refractivity contribution in [2.45, 2.75) is 73.2 Å². The molecule has 0 atom stereocenters. The smallest absolute Gasteiger partial charge is 0.875 e. The molecule has 2 rings (SSSR count). The number of nitrogens with zero attached hydrogens (tertiary/aromatic N) is 3. The maximum Gasteiger partial charge on any atom is 2.00 e. The van der Waals surface area contributed by atoms with Crippen LogP contribution in [0.1, 0.15) is 26.5 Å². The number of rotatable bonds is 4. The Bertz CT molecular complexity index is 1010. The molecule has 0 saturated heterocycles. The number of hydrogen-bond acceptors (Lipinski definition) is 3. The summed E-state index contributed by atoms with van der Waals surface area (Å²) in [4.78, 5) is 7.97. The fourth-order valence-electron chi connectivity index (χ4n) is 2.97. The van der Waals surface area contributed by atoms with E-state index in [1.165, 1.54) is 6.07 Å². The molecule has 0 unspecified atom stereocenters. The fraction of sp³-hybridized carbons (Fsp3) is 0.500. The van der Waals surface area contributed by atoms with Crippen LogP contribution in [0, 0.1) is 12.3 Å². The van der Waals surface area contributed by atoms with Crippen LogP contribution in [0.15, 0.2) is 47.2 Å². The van der Waals surface area contributed by atoms with Gasteiger partial charge in [0.25, 0.3) is 0 Å². The van der Waals surface area contributed by atoms with E-state index in [-0.39, 0.29) is 25.2 Å². The van der Waals surface area contributed by atoms with Crippen molar-refractivity contribution in [1.29, 1.82) is 0 Å². The Hall–Kier alpha value is -1.35. The summed E-state index contributed by atoms with van der Waals surface area (Å²) in [5.41, 5.74) is -1.01. The van der Waals surface area contributed by atoms with Gasteiger partial charge in [0, 0.05) is 11.1 Å². The van der Waals surface area contributed by atoms with Crippen molar-refractivity contribution in [2.24, 2.45) is 10.4 Å². The number of pyridine rings is 1. The number of alkyl halides is 3. The molecule has 0 N–H and O–H groups in total. The quantitative estimate of drug-likeness (QED) is 0.221. The standard InChI is InChI=1S/C18H19F3N2O.C6H18NSi2.Zn/c1-11-8-9-12-6-5-7-13(16(12)22-11)23-14(18(19,20)21)10-15(24)17(2,3)4;1-8(2,3)7-9(4,5)6;/h5-10,24H,1-4H3;1-6H3;/q;-1;+2/p-1/b15-10-,23-14?;;. The predicted molar refractivity (Wildman–Crippen MR) is 137 cm³/mol. The molecule has 0 aliphatic heterocycles. The summed E-state index contributed by atoms with van der Waals surface area (Å²) in [6, 6.07) is 8.36. The number of fused-ring (bicyclic) bond motifs is 1. The molecule has 0 spiro atoms. The molecule has 184 valence electrons. The fourth-order valence-corrected chi connectivity index (χ4v) is 11.0. The molecule has 0 aliphatic carbocycles. The molecular weight excluding hydrogens is 525 g/mol. The Morgan fingerprint density at radius 2 is 1.50 bits per heavy atom. The van der Waals surface area contributed by atoms with Gasteiger partial charge in [0.2, 0.25) is 0 Å². The number of allylic oxidation sites excluding steroid dienone is 2. The van der Waals surface area contributed by atoms with E-state index in [0.29, 0.717) is 22.7 Å². The predicted octanol–water partition coefficient (Wildman–Crippen LogP) is 7.50. The van der Waals surface area contributed by atoms with Crippen molar-refractivity contribution < 1.29 is 37.8 Å². The zero-order valence-corrected chi connectivity index (χ0v) is 27.0. The van der Waals surface area contributed by atoms with Gasteiger partial charge in [-0.05, 0) is 30.5 Å². The molecule has 0 bridgehead atoms. The molecule has 1 aromatic heterocycles. The molecule has 1 aromatic carbocycles. The maximum atomic E-state index is 13.3. The minimum absolute atomic E-state index is 0. The summed E-state index contributed by atoms with van der Waals surface area (Å²) >= 11 is 0. The van der Waals surface area contributed by atoms with Crippen LogP contribution in [0.4, 0.5) is 18.9 Å². The first-order chi connectivity index (χ1) is 14.7. The molecule has 4 nitrogen and oxygen atoms in total. The van der Waals surface area contributed by atoms with Crippen molar-refractivity contribution >= 4 is 38.8 Å². The van der Waals surface area contributed by atoms with Crippen molar-refractivity contribution in [1.82, 2.24) is 4.98 Å². The van der Waals surface area contributed by atoms with E-state index in [1.807, 2.05) is 0 Å². The van der Waals surface area contributed by atoms with E-state index >= 15 is 0 Å². The van der Waals surface area contributed by atoms with Gasteiger partial charge in [-0.3, -0.25) is 4.98 Å². The van der Waals surface area contributed by atoms with Crippen molar-refractivity contribution in [3.8, 4) is 0 Å². The average molecular weight is 561 g/mol. The van der Waals surface area contributed by atoms with Gasteiger partial charge in [-0.15, -0.1) is 5.76 Å². The van der Waals surface area contributed by atoms with E-state index in [9.17, 15) is 18.3 Å². The number of aromatic nitrogens is 1. The summed E-state index contributed by atoms with van der Waals surface area (Å²) in [7, 11) is -2.21. The first-order valence-corrected chi connectivity index (χ1v) is 17.7. The Labute approximate surface area is 217 Å². The summed E-state index contributed by atoms with van der Waals surface area (Å²) in [6.45, 7) is 20.2. The normalized spacial score (nSPS) is 13.8. The van der Waals surface area contributed by atoms with Crippen LogP contribution in [0.3, 0.4) is 0 Å². The van der Waals surface area contributed by atoms with Gasteiger partial charge >= 0.3 is 25.7 Å². The molecule has 0 fully saturated rings. The second kappa shape index (κ2) is 12.1. The first-order valence-electron chi connectivity index (χ1n) is 10.8. The van der Waals surface area contributed by atoms with E-state index < -0.39 is 39.5 Å². The van der Waals surface area contributed by atoms with Crippen LogP contribution in [-0.4, -0.2) is 33.3 Å². The van der Waals surface area contributed by atoms with Gasteiger partial charge in [-0.2, -0.15) is 13.2 Å². The largest absolute Gasteiger partial charge is 2.00 e. The monoisotopic (exact) mass is 559 g/mol. The third-order valence-corrected chi connectivity index (χ3v) is 9.41. The Morgan fingerprint density at radius 3 is 1.91 bits per heavy atom. The maximum absolute atomic E-state index is 13.3. The van der Waals surface area contributed by atoms with Crippen molar-refractivity contribution in [3.05, 3.63) is 52.5 Å². The van der Waals surface area contributed by atoms with Gasteiger partial charge in [-0.1, -0.05) is 94.7 Å². The SMILES string of the molecule is C[Si](C)(C)[N-][Si](C)(C)C.Cc1ccc2cccc(N=C(/C=C(\[O-])C(C)(C)C)C(F)(F)F)c2n1.[Zn+2]. The average Bonchev–Trinajstić information content (AvgIpc) is 2.57. The van der Waals surface area contributed by atoms with Crippen LogP contribution >= 0.6 is 0 Å². The van der Waals surface area contributed by atoms with E-state index in [1.54, 1.807) is 52.0 Å². The molecule has 0 amide bonds. The second-order valence-corrected chi connectivity index (χ2v) is 20.6. The minimum Gasteiger partial charge on any atom is -0.875 e. The number of benzene rings is 1. The molecule has 2 aromatic rings. The second-order valence-electron chi connectivity index (χ2n) is 11.0. The summed E-state index contributed by atoms with van der Waals surface area (Å²) in [5.74, 6) is -0.636. The summed E-state index contributed by atoms with van der Waals surface area (Å²) in [5, 5.41) is 12.7. The van der Waals surface area contributed by atoms with E-state index in [2.05, 4.69) is 49.3 Å². The van der Waals surface area contributed by atoms with Crippen LogP contribution < -0.4 is 5.11 Å². The van der Waals surface area contributed by atoms with E-state index in [4.69, 9.17) is 4.65 Å². The number of para-hydroxylation sites is 1. The number of aryl methyl sites for hydroxylation is 1. The third kappa shape index (κ3) is 11.9. The van der Waals surface area contributed by atoms with Crippen LogP contribution in [0.2, 0.25) is 39.3 Å². The van der Waals surface area contributed by atoms with Gasteiger partial charge in [0.05, 0.1) is 11.2 Å². The number of aliphatic imine (C=N–C) groups is 1. The van der Waals surface area contributed by atoms with Crippen LogP contribution in [0.25, 0.3) is 15.6 Å². The summed E-state index contributed by atoms with van der Waals surface area (Å²) in [6.07, 6.45) is -4.17. The first kappa shape index (κ1) is 32.6. The summed E-state index contributed by atoms with van der Waals surface area (Å²) < 4.78 is 44.7. The Kier molecular flexibility index (Phi) is 11.6.